The molecule has 0 bridgehead atoms. The lowest BCUT2D eigenvalue weighted by Gasteiger charge is -2.25. The molecule has 1 aliphatic rings. The Morgan fingerprint density at radius 2 is 2.16 bits per heavy atom. The third-order valence-corrected chi connectivity index (χ3v) is 3.30. The Morgan fingerprint density at radius 1 is 1.47 bits per heavy atom. The van der Waals surface area contributed by atoms with Gasteiger partial charge < -0.3 is 15.4 Å². The number of amides is 1. The molecule has 2 rings (SSSR count). The number of nitrogens with two attached hydrogens (primary N) is 1. The van der Waals surface area contributed by atoms with E-state index < -0.39 is 0 Å². The van der Waals surface area contributed by atoms with Crippen LogP contribution in [-0.4, -0.2) is 30.5 Å². The Balaban J connectivity index is 2.21. The summed E-state index contributed by atoms with van der Waals surface area (Å²) >= 11 is 0. The molecule has 2 N–H and O–H groups in total. The molecule has 0 radical (unpaired) electrons. The molecular formula is C15H22N2O2. The van der Waals surface area contributed by atoms with Crippen LogP contribution in [0.5, 0.6) is 5.75 Å². The predicted molar refractivity (Wildman–Crippen MR) is 76.3 cm³/mol. The fourth-order valence-electron chi connectivity index (χ4n) is 2.19. The van der Waals surface area contributed by atoms with Gasteiger partial charge >= 0.3 is 0 Å². The summed E-state index contributed by atoms with van der Waals surface area (Å²) in [4.78, 5) is 14.5. The number of nitrogens with zero attached hydrogens (tertiary/aromatic N) is 1. The molecule has 19 heavy (non-hydrogen) atoms. The first-order valence-electron chi connectivity index (χ1n) is 6.77. The van der Waals surface area contributed by atoms with E-state index in [1.807, 2.05) is 4.90 Å². The van der Waals surface area contributed by atoms with Gasteiger partial charge in [-0.3, -0.25) is 4.79 Å². The number of rotatable bonds is 5. The van der Waals surface area contributed by atoms with Crippen molar-refractivity contribution >= 4 is 11.6 Å². The van der Waals surface area contributed by atoms with E-state index in [1.54, 1.807) is 25.3 Å². The first kappa shape index (κ1) is 13.7. The van der Waals surface area contributed by atoms with Crippen molar-refractivity contribution in [2.24, 2.45) is 5.92 Å². The molecule has 0 unspecified atom stereocenters. The van der Waals surface area contributed by atoms with Crippen molar-refractivity contribution in [2.75, 3.05) is 19.4 Å². The quantitative estimate of drug-likeness (QED) is 0.830. The number of benzene rings is 1. The molecule has 0 aliphatic heterocycles. The largest absolute Gasteiger partial charge is 0.497 e. The summed E-state index contributed by atoms with van der Waals surface area (Å²) in [5.41, 5.74) is 7.02. The van der Waals surface area contributed by atoms with Crippen LogP contribution < -0.4 is 10.5 Å². The molecular weight excluding hydrogens is 240 g/mol. The lowest BCUT2D eigenvalue weighted by molar-refractivity contribution is 0.0723. The Kier molecular flexibility index (Phi) is 3.98. The molecule has 4 heteroatoms. The SMILES string of the molecule is COc1ccc(C(=O)N(CC(C)C)C2CC2)c(N)c1. The molecule has 1 fully saturated rings. The predicted octanol–water partition coefficient (Wildman–Crippen LogP) is 2.54. The molecule has 0 atom stereocenters. The molecule has 0 aromatic heterocycles. The van der Waals surface area contributed by atoms with E-state index in [1.165, 1.54) is 0 Å². The second-order valence-electron chi connectivity index (χ2n) is 5.54. The highest BCUT2D eigenvalue weighted by Gasteiger charge is 2.33. The van der Waals surface area contributed by atoms with Gasteiger partial charge in [0.15, 0.2) is 0 Å². The highest BCUT2D eigenvalue weighted by atomic mass is 16.5. The molecule has 0 saturated heterocycles. The Labute approximate surface area is 114 Å². The lowest BCUT2D eigenvalue weighted by atomic mass is 10.1. The van der Waals surface area contributed by atoms with Gasteiger partial charge in [-0.2, -0.15) is 0 Å². The second kappa shape index (κ2) is 5.51. The lowest BCUT2D eigenvalue weighted by Crippen LogP contribution is -2.36. The highest BCUT2D eigenvalue weighted by molar-refractivity contribution is 5.99. The molecule has 1 aromatic carbocycles. The van der Waals surface area contributed by atoms with Crippen molar-refractivity contribution in [3.05, 3.63) is 23.8 Å². The number of hydrogen-bond donors (Lipinski definition) is 1. The van der Waals surface area contributed by atoms with Crippen LogP contribution in [0.2, 0.25) is 0 Å². The van der Waals surface area contributed by atoms with Crippen molar-refractivity contribution in [2.45, 2.75) is 32.7 Å². The number of anilines is 1. The van der Waals surface area contributed by atoms with E-state index in [0.717, 1.165) is 19.4 Å². The average molecular weight is 262 g/mol. The average Bonchev–Trinajstić information content (AvgIpc) is 3.19. The second-order valence-corrected chi connectivity index (χ2v) is 5.54. The van der Waals surface area contributed by atoms with Gasteiger partial charge in [0.1, 0.15) is 5.75 Å². The third-order valence-electron chi connectivity index (χ3n) is 3.30. The monoisotopic (exact) mass is 262 g/mol. The Morgan fingerprint density at radius 3 is 2.63 bits per heavy atom. The van der Waals surface area contributed by atoms with Gasteiger partial charge in [-0.15, -0.1) is 0 Å². The van der Waals surface area contributed by atoms with Crippen LogP contribution in [0.3, 0.4) is 0 Å². The normalized spacial score (nSPS) is 14.5. The number of hydrogen-bond acceptors (Lipinski definition) is 3. The van der Waals surface area contributed by atoms with Crippen LogP contribution in [0.15, 0.2) is 18.2 Å². The van der Waals surface area contributed by atoms with Crippen LogP contribution in [0.4, 0.5) is 5.69 Å². The summed E-state index contributed by atoms with van der Waals surface area (Å²) < 4.78 is 5.11. The number of carbonyl (C=O) groups is 1. The van der Waals surface area contributed by atoms with E-state index >= 15 is 0 Å². The maximum Gasteiger partial charge on any atom is 0.256 e. The first-order valence-corrected chi connectivity index (χ1v) is 6.77. The van der Waals surface area contributed by atoms with Gasteiger partial charge in [0, 0.05) is 24.3 Å². The Bertz CT molecular complexity index is 467. The summed E-state index contributed by atoms with van der Waals surface area (Å²) in [5.74, 6) is 1.18. The smallest absolute Gasteiger partial charge is 0.256 e. The third kappa shape index (κ3) is 3.19. The van der Waals surface area contributed by atoms with Gasteiger partial charge in [-0.05, 0) is 30.9 Å². The van der Waals surface area contributed by atoms with E-state index in [-0.39, 0.29) is 5.91 Å². The van der Waals surface area contributed by atoms with Crippen molar-refractivity contribution in [1.82, 2.24) is 4.90 Å². The standard InChI is InChI=1S/C15H22N2O2/c1-10(2)9-17(11-4-5-11)15(18)13-7-6-12(19-3)8-14(13)16/h6-8,10-11H,4-5,9,16H2,1-3H3. The Hall–Kier alpha value is -1.71. The maximum absolute atomic E-state index is 12.6. The minimum atomic E-state index is 0.0383. The zero-order valence-corrected chi connectivity index (χ0v) is 11.8. The van der Waals surface area contributed by atoms with Crippen LogP contribution in [0.1, 0.15) is 37.0 Å². The van der Waals surface area contributed by atoms with Crippen molar-refractivity contribution in [1.29, 1.82) is 0 Å². The molecule has 104 valence electrons. The summed E-state index contributed by atoms with van der Waals surface area (Å²) in [6.07, 6.45) is 2.21. The van der Waals surface area contributed by atoms with Gasteiger partial charge in [-0.25, -0.2) is 0 Å². The molecule has 4 nitrogen and oxygen atoms in total. The van der Waals surface area contributed by atoms with E-state index in [9.17, 15) is 4.79 Å². The van der Waals surface area contributed by atoms with Crippen LogP contribution in [0.25, 0.3) is 0 Å². The van der Waals surface area contributed by atoms with E-state index in [4.69, 9.17) is 10.5 Å². The fraction of sp³-hybridized carbons (Fsp3) is 0.533. The maximum atomic E-state index is 12.6. The summed E-state index contributed by atoms with van der Waals surface area (Å²) in [7, 11) is 1.59. The molecule has 1 aromatic rings. The van der Waals surface area contributed by atoms with Crippen LogP contribution in [-0.2, 0) is 0 Å². The van der Waals surface area contributed by atoms with Crippen molar-refractivity contribution in [3.8, 4) is 5.75 Å². The van der Waals surface area contributed by atoms with Crippen molar-refractivity contribution < 1.29 is 9.53 Å². The zero-order chi connectivity index (χ0) is 14.0. The minimum absolute atomic E-state index is 0.0383. The summed E-state index contributed by atoms with van der Waals surface area (Å²) in [6.45, 7) is 5.04. The van der Waals surface area contributed by atoms with Crippen LogP contribution in [0, 0.1) is 5.92 Å². The zero-order valence-electron chi connectivity index (χ0n) is 11.8. The minimum Gasteiger partial charge on any atom is -0.497 e. The fourth-order valence-corrected chi connectivity index (χ4v) is 2.19. The molecule has 1 aliphatic carbocycles. The van der Waals surface area contributed by atoms with Gasteiger partial charge in [0.2, 0.25) is 0 Å². The molecule has 0 spiro atoms. The van der Waals surface area contributed by atoms with E-state index in [0.29, 0.717) is 29.0 Å². The molecule has 1 saturated carbocycles. The number of nitrogen functional groups attached to an aromatic ring is 1. The van der Waals surface area contributed by atoms with Crippen LogP contribution >= 0.6 is 0 Å². The number of carbonyl (C=O) groups excluding carboxylic acids is 1. The number of methoxy groups -OCH3 is 1. The highest BCUT2D eigenvalue weighted by Crippen LogP contribution is 2.30. The first-order chi connectivity index (χ1) is 9.02. The topological polar surface area (TPSA) is 55.6 Å². The van der Waals surface area contributed by atoms with Gasteiger partial charge in [0.05, 0.1) is 12.7 Å². The van der Waals surface area contributed by atoms with Gasteiger partial charge in [-0.1, -0.05) is 13.8 Å². The molecule has 0 heterocycles. The summed E-state index contributed by atoms with van der Waals surface area (Å²) in [6, 6.07) is 5.64. The molecule has 1 amide bonds. The summed E-state index contributed by atoms with van der Waals surface area (Å²) in [5, 5.41) is 0. The number of ether oxygens (including phenoxy) is 1. The van der Waals surface area contributed by atoms with E-state index in [2.05, 4.69) is 13.8 Å². The van der Waals surface area contributed by atoms with Gasteiger partial charge in [0.25, 0.3) is 5.91 Å². The van der Waals surface area contributed by atoms with Crippen molar-refractivity contribution in [3.63, 3.8) is 0 Å².